The van der Waals surface area contributed by atoms with Gasteiger partial charge < -0.3 is 9.30 Å². The molecule has 34 heavy (non-hydrogen) atoms. The minimum absolute atomic E-state index is 0.00376. The Morgan fingerprint density at radius 3 is 2.76 bits per heavy atom. The number of hydrogen-bond donors (Lipinski definition) is 0. The third-order valence-corrected chi connectivity index (χ3v) is 7.40. The van der Waals surface area contributed by atoms with Crippen LogP contribution >= 0.6 is 11.3 Å². The summed E-state index contributed by atoms with van der Waals surface area (Å²) in [5, 5.41) is 1.09. The average Bonchev–Trinajstić information content (AvgIpc) is 3.56. The summed E-state index contributed by atoms with van der Waals surface area (Å²) in [6.07, 6.45) is 3.63. The summed E-state index contributed by atoms with van der Waals surface area (Å²) < 4.78 is 11.8. The van der Waals surface area contributed by atoms with Crippen LogP contribution in [0.1, 0.15) is 24.2 Å². The minimum Gasteiger partial charge on any atom is -0.376 e. The van der Waals surface area contributed by atoms with Gasteiger partial charge in [-0.25, -0.2) is 4.98 Å². The van der Waals surface area contributed by atoms with Crippen molar-refractivity contribution in [1.29, 1.82) is 0 Å². The average molecular weight is 474 g/mol. The molecule has 0 saturated carbocycles. The molecule has 172 valence electrons. The van der Waals surface area contributed by atoms with Gasteiger partial charge in [-0.2, -0.15) is 4.68 Å². The van der Waals surface area contributed by atoms with Gasteiger partial charge >= 0.3 is 0 Å². The summed E-state index contributed by atoms with van der Waals surface area (Å²) >= 11 is 1.45. The van der Waals surface area contributed by atoms with E-state index >= 15 is 0 Å². The van der Waals surface area contributed by atoms with Crippen LogP contribution in [0.25, 0.3) is 26.3 Å². The van der Waals surface area contributed by atoms with E-state index in [0.29, 0.717) is 41.4 Å². The highest BCUT2D eigenvalue weighted by atomic mass is 32.1. The smallest absolute Gasteiger partial charge is 0.283 e. The van der Waals surface area contributed by atoms with E-state index in [4.69, 9.17) is 9.72 Å². The predicted molar refractivity (Wildman–Crippen MR) is 132 cm³/mol. The maximum Gasteiger partial charge on any atom is 0.283 e. The van der Waals surface area contributed by atoms with E-state index in [1.54, 1.807) is 21.5 Å². The number of thiazole rings is 1. The maximum absolute atomic E-state index is 13.9. The fraction of sp³-hybridized carbons (Fsp3) is 0.280. The summed E-state index contributed by atoms with van der Waals surface area (Å²) in [6, 6.07) is 15.0. The molecule has 1 atom stereocenters. The highest BCUT2D eigenvalue weighted by molar-refractivity contribution is 7.20. The first kappa shape index (κ1) is 21.0. The van der Waals surface area contributed by atoms with Crippen molar-refractivity contribution in [3.63, 3.8) is 0 Å². The summed E-state index contributed by atoms with van der Waals surface area (Å²) in [6.45, 7) is 3.34. The van der Waals surface area contributed by atoms with Crippen LogP contribution in [0.2, 0.25) is 0 Å². The Bertz CT molecular complexity index is 1590. The molecule has 0 amide bonds. The zero-order chi connectivity index (χ0) is 23.2. The van der Waals surface area contributed by atoms with E-state index in [9.17, 15) is 9.59 Å². The van der Waals surface area contributed by atoms with Crippen LogP contribution in [-0.2, 0) is 17.8 Å². The summed E-state index contributed by atoms with van der Waals surface area (Å²) in [5.41, 5.74) is 2.52. The largest absolute Gasteiger partial charge is 0.376 e. The Hall–Kier alpha value is -3.56. The first-order valence-corrected chi connectivity index (χ1v) is 12.2. The molecular formula is C25H23N5O3S. The number of aryl methyl sites for hydroxylation is 1. The zero-order valence-corrected chi connectivity index (χ0v) is 19.5. The predicted octanol–water partition coefficient (Wildman–Crippen LogP) is 3.49. The molecule has 0 aliphatic carbocycles. The first-order chi connectivity index (χ1) is 16.6. The molecule has 1 fully saturated rings. The van der Waals surface area contributed by atoms with E-state index in [1.165, 1.54) is 11.3 Å². The molecule has 5 aromatic rings. The monoisotopic (exact) mass is 473 g/mol. The number of rotatable bonds is 5. The molecule has 0 unspecified atom stereocenters. The van der Waals surface area contributed by atoms with Gasteiger partial charge in [-0.1, -0.05) is 29.5 Å². The number of hydrogen-bond acceptors (Lipinski definition) is 6. The van der Waals surface area contributed by atoms with Crippen LogP contribution in [-0.4, -0.2) is 36.6 Å². The lowest BCUT2D eigenvalue weighted by Gasteiger charge is -2.15. The van der Waals surface area contributed by atoms with Crippen LogP contribution in [0.15, 0.2) is 64.3 Å². The molecule has 9 heteroatoms. The van der Waals surface area contributed by atoms with E-state index in [-0.39, 0.29) is 17.2 Å². The van der Waals surface area contributed by atoms with Gasteiger partial charge in [0.1, 0.15) is 0 Å². The molecule has 6 rings (SSSR count). The molecule has 0 bridgehead atoms. The van der Waals surface area contributed by atoms with E-state index < -0.39 is 0 Å². The number of para-hydroxylation sites is 1. The van der Waals surface area contributed by atoms with Crippen molar-refractivity contribution in [3.8, 4) is 5.13 Å². The number of nitrogens with zero attached hydrogens (tertiary/aromatic N) is 5. The SMILES string of the molecule is Cc1c2c(=O)n(-c3nc4ccccc4s3)n(Cc3ccccn3)c2cc(=O)n1C[C@@H]1CCCO1. The Kier molecular flexibility index (Phi) is 5.15. The minimum atomic E-state index is -0.191. The maximum atomic E-state index is 13.9. The first-order valence-electron chi connectivity index (χ1n) is 11.3. The van der Waals surface area contributed by atoms with E-state index in [0.717, 1.165) is 28.8 Å². The summed E-state index contributed by atoms with van der Waals surface area (Å²) in [5.74, 6) is 0. The van der Waals surface area contributed by atoms with Gasteiger partial charge in [-0.3, -0.25) is 19.3 Å². The zero-order valence-electron chi connectivity index (χ0n) is 18.7. The highest BCUT2D eigenvalue weighted by Gasteiger charge is 2.24. The Balaban J connectivity index is 1.60. The molecule has 0 N–H and O–H groups in total. The molecule has 4 aromatic heterocycles. The third-order valence-electron chi connectivity index (χ3n) is 6.39. The van der Waals surface area contributed by atoms with Crippen molar-refractivity contribution >= 4 is 32.5 Å². The van der Waals surface area contributed by atoms with Crippen LogP contribution in [0.3, 0.4) is 0 Å². The third kappa shape index (κ3) is 3.48. The van der Waals surface area contributed by atoms with Crippen molar-refractivity contribution in [2.75, 3.05) is 6.61 Å². The van der Waals surface area contributed by atoms with Crippen LogP contribution < -0.4 is 11.1 Å². The van der Waals surface area contributed by atoms with Gasteiger partial charge in [-0.15, -0.1) is 0 Å². The number of ether oxygens (including phenoxy) is 1. The molecule has 0 spiro atoms. The fourth-order valence-corrected chi connectivity index (χ4v) is 5.68. The van der Waals surface area contributed by atoms with Gasteiger partial charge in [0.15, 0.2) is 0 Å². The van der Waals surface area contributed by atoms with Gasteiger partial charge in [0.2, 0.25) is 5.13 Å². The van der Waals surface area contributed by atoms with Crippen molar-refractivity contribution < 1.29 is 4.74 Å². The second-order valence-electron chi connectivity index (χ2n) is 8.53. The number of fused-ring (bicyclic) bond motifs is 2. The molecule has 1 aliphatic rings. The second kappa shape index (κ2) is 8.34. The lowest BCUT2D eigenvalue weighted by Crippen LogP contribution is -2.28. The van der Waals surface area contributed by atoms with Crippen molar-refractivity contribution in [3.05, 3.63) is 86.8 Å². The number of pyridine rings is 2. The molecule has 1 aromatic carbocycles. The van der Waals surface area contributed by atoms with Gasteiger partial charge in [0.05, 0.1) is 46.0 Å². The molecule has 8 nitrogen and oxygen atoms in total. The Morgan fingerprint density at radius 1 is 1.15 bits per heavy atom. The van der Waals surface area contributed by atoms with Crippen molar-refractivity contribution in [2.45, 2.75) is 39.0 Å². The lowest BCUT2D eigenvalue weighted by atomic mass is 10.2. The molecule has 0 radical (unpaired) electrons. The van der Waals surface area contributed by atoms with Crippen molar-refractivity contribution in [1.82, 2.24) is 23.9 Å². The normalized spacial score (nSPS) is 16.1. The summed E-state index contributed by atoms with van der Waals surface area (Å²) in [7, 11) is 0. The fourth-order valence-electron chi connectivity index (χ4n) is 4.70. The van der Waals surface area contributed by atoms with Crippen LogP contribution in [0.4, 0.5) is 0 Å². The van der Waals surface area contributed by atoms with Crippen LogP contribution in [0.5, 0.6) is 0 Å². The number of benzene rings is 1. The molecule has 1 saturated heterocycles. The highest BCUT2D eigenvalue weighted by Crippen LogP contribution is 2.26. The van der Waals surface area contributed by atoms with Gasteiger partial charge in [0.25, 0.3) is 11.1 Å². The standard InChI is InChI=1S/C25H23N5O3S/c1-16-23-20(13-22(31)28(16)15-18-8-6-12-33-18)29(14-17-7-4-5-11-26-17)30(24(23)32)25-27-19-9-2-3-10-21(19)34-25/h2-5,7,9-11,13,18H,6,8,12,14-15H2,1H3/t18-/m0/s1. The van der Waals surface area contributed by atoms with Crippen LogP contribution in [0, 0.1) is 6.92 Å². The van der Waals surface area contributed by atoms with Gasteiger partial charge in [-0.05, 0) is 44.0 Å². The van der Waals surface area contributed by atoms with E-state index in [1.807, 2.05) is 54.1 Å². The Labute approximate surface area is 198 Å². The molecule has 5 heterocycles. The van der Waals surface area contributed by atoms with Crippen molar-refractivity contribution in [2.24, 2.45) is 0 Å². The number of aromatic nitrogens is 5. The quantitative estimate of drug-likeness (QED) is 0.390. The Morgan fingerprint density at radius 2 is 2.00 bits per heavy atom. The molecular weight excluding hydrogens is 450 g/mol. The van der Waals surface area contributed by atoms with Gasteiger partial charge in [0, 0.05) is 24.6 Å². The second-order valence-corrected chi connectivity index (χ2v) is 9.54. The lowest BCUT2D eigenvalue weighted by molar-refractivity contribution is 0.0958. The van der Waals surface area contributed by atoms with E-state index in [2.05, 4.69) is 4.98 Å². The summed E-state index contributed by atoms with van der Waals surface area (Å²) in [4.78, 5) is 36.3. The molecule has 1 aliphatic heterocycles. The topological polar surface area (TPSA) is 83.9 Å².